The Morgan fingerprint density at radius 3 is 2.94 bits per heavy atom. The van der Waals surface area contributed by atoms with Crippen LogP contribution in [0.15, 0.2) is 21.1 Å². The maximum absolute atomic E-state index is 4.25. The average Bonchev–Trinajstić information content (AvgIpc) is 3.02. The minimum atomic E-state index is 0.473. The normalized spacial score (nSPS) is 17.4. The molecule has 0 atom stereocenters. The third kappa shape index (κ3) is 2.50. The quantitative estimate of drug-likeness (QED) is 0.856. The van der Waals surface area contributed by atoms with Crippen LogP contribution in [0, 0.1) is 0 Å². The number of thiazole rings is 1. The van der Waals surface area contributed by atoms with Gasteiger partial charge < -0.3 is 0 Å². The Morgan fingerprint density at radius 2 is 2.18 bits per heavy atom. The van der Waals surface area contributed by atoms with Gasteiger partial charge in [0.25, 0.3) is 0 Å². The van der Waals surface area contributed by atoms with Crippen LogP contribution in [-0.4, -0.2) is 25.2 Å². The van der Waals surface area contributed by atoms with Crippen LogP contribution in [0.2, 0.25) is 0 Å². The topological polar surface area (TPSA) is 56.5 Å². The number of tetrazole rings is 1. The molecule has 2 heterocycles. The molecule has 1 aliphatic rings. The summed E-state index contributed by atoms with van der Waals surface area (Å²) in [5.74, 6) is 0. The zero-order valence-electron chi connectivity index (χ0n) is 9.32. The zero-order valence-corrected chi connectivity index (χ0v) is 11.0. The lowest BCUT2D eigenvalue weighted by molar-refractivity contribution is 0.307. The van der Waals surface area contributed by atoms with Gasteiger partial charge in [0.05, 0.1) is 6.04 Å². The molecule has 2 aromatic heterocycles. The van der Waals surface area contributed by atoms with Crippen LogP contribution in [0.25, 0.3) is 0 Å². The van der Waals surface area contributed by atoms with E-state index in [4.69, 9.17) is 0 Å². The summed E-state index contributed by atoms with van der Waals surface area (Å²) < 4.78 is 2.97. The van der Waals surface area contributed by atoms with Gasteiger partial charge in [0.2, 0.25) is 5.16 Å². The first-order valence-corrected chi connectivity index (χ1v) is 7.48. The van der Waals surface area contributed by atoms with Gasteiger partial charge in [-0.1, -0.05) is 19.3 Å². The molecule has 0 radical (unpaired) electrons. The Bertz CT molecular complexity index is 461. The number of hydrogen-bond acceptors (Lipinski definition) is 6. The van der Waals surface area contributed by atoms with Crippen molar-refractivity contribution in [2.45, 2.75) is 47.6 Å². The van der Waals surface area contributed by atoms with Crippen molar-refractivity contribution in [3.8, 4) is 0 Å². The van der Waals surface area contributed by atoms with Crippen LogP contribution in [0.4, 0.5) is 0 Å². The molecular formula is C10H13N5S2. The summed E-state index contributed by atoms with van der Waals surface area (Å²) in [4.78, 5) is 4.25. The van der Waals surface area contributed by atoms with E-state index in [1.54, 1.807) is 23.1 Å². The van der Waals surface area contributed by atoms with Crippen LogP contribution in [-0.2, 0) is 0 Å². The lowest BCUT2D eigenvalue weighted by Crippen LogP contribution is -2.15. The van der Waals surface area contributed by atoms with Gasteiger partial charge in [0, 0.05) is 11.6 Å². The lowest BCUT2D eigenvalue weighted by Gasteiger charge is -2.21. The van der Waals surface area contributed by atoms with Crippen molar-refractivity contribution in [2.24, 2.45) is 0 Å². The maximum Gasteiger partial charge on any atom is 0.216 e. The fourth-order valence-electron chi connectivity index (χ4n) is 2.15. The summed E-state index contributed by atoms with van der Waals surface area (Å²) in [6.07, 6.45) is 8.10. The smallest absolute Gasteiger partial charge is 0.216 e. The molecule has 5 nitrogen and oxygen atoms in total. The van der Waals surface area contributed by atoms with Crippen LogP contribution < -0.4 is 0 Å². The summed E-state index contributed by atoms with van der Waals surface area (Å²) in [6, 6.07) is 0.473. The van der Waals surface area contributed by atoms with Crippen molar-refractivity contribution >= 4 is 23.1 Å². The van der Waals surface area contributed by atoms with Crippen LogP contribution in [0.5, 0.6) is 0 Å². The predicted molar refractivity (Wildman–Crippen MR) is 66.2 cm³/mol. The van der Waals surface area contributed by atoms with Crippen LogP contribution >= 0.6 is 23.1 Å². The summed E-state index contributed by atoms with van der Waals surface area (Å²) in [5.41, 5.74) is 0. The summed E-state index contributed by atoms with van der Waals surface area (Å²) in [5, 5.41) is 14.9. The second kappa shape index (κ2) is 5.14. The third-order valence-electron chi connectivity index (χ3n) is 2.97. The van der Waals surface area contributed by atoms with E-state index in [1.807, 2.05) is 16.3 Å². The molecule has 2 aromatic rings. The molecular weight excluding hydrogens is 254 g/mol. The van der Waals surface area contributed by atoms with Gasteiger partial charge in [0.15, 0.2) is 4.34 Å². The molecule has 1 aliphatic carbocycles. The molecule has 0 aromatic carbocycles. The average molecular weight is 267 g/mol. The van der Waals surface area contributed by atoms with Crippen molar-refractivity contribution in [3.63, 3.8) is 0 Å². The predicted octanol–water partition coefficient (Wildman–Crippen LogP) is 2.79. The van der Waals surface area contributed by atoms with Gasteiger partial charge in [-0.25, -0.2) is 9.67 Å². The highest BCUT2D eigenvalue weighted by atomic mass is 32.2. The molecule has 0 aliphatic heterocycles. The number of hydrogen-bond donors (Lipinski definition) is 0. The van der Waals surface area contributed by atoms with E-state index < -0.39 is 0 Å². The molecule has 0 saturated heterocycles. The highest BCUT2D eigenvalue weighted by Crippen LogP contribution is 2.33. The molecule has 0 spiro atoms. The number of rotatable bonds is 3. The highest BCUT2D eigenvalue weighted by Gasteiger charge is 2.20. The minimum Gasteiger partial charge on any atom is -0.238 e. The molecule has 7 heteroatoms. The van der Waals surface area contributed by atoms with Crippen molar-refractivity contribution in [1.82, 2.24) is 25.2 Å². The first-order chi connectivity index (χ1) is 8.43. The maximum atomic E-state index is 4.25. The Hall–Kier alpha value is -0.950. The molecule has 1 saturated carbocycles. The Balaban J connectivity index is 1.78. The fraction of sp³-hybridized carbons (Fsp3) is 0.600. The first-order valence-electron chi connectivity index (χ1n) is 5.79. The largest absolute Gasteiger partial charge is 0.238 e. The van der Waals surface area contributed by atoms with E-state index in [-0.39, 0.29) is 0 Å². The molecule has 17 heavy (non-hydrogen) atoms. The van der Waals surface area contributed by atoms with Crippen molar-refractivity contribution in [2.75, 3.05) is 0 Å². The second-order valence-electron chi connectivity index (χ2n) is 4.10. The zero-order chi connectivity index (χ0) is 11.5. The standard InChI is InChI=1S/C10H13N5S2/c1-2-4-8(5-3-1)15-9(12-13-14-15)17-10-11-6-7-16-10/h6-8H,1-5H2. The van der Waals surface area contributed by atoms with Crippen LogP contribution in [0.1, 0.15) is 38.1 Å². The number of aromatic nitrogens is 5. The molecule has 0 amide bonds. The van der Waals surface area contributed by atoms with Gasteiger partial charge in [-0.15, -0.1) is 16.4 Å². The highest BCUT2D eigenvalue weighted by molar-refractivity contribution is 8.00. The minimum absolute atomic E-state index is 0.473. The Kier molecular flexibility index (Phi) is 3.37. The Morgan fingerprint density at radius 1 is 1.29 bits per heavy atom. The van der Waals surface area contributed by atoms with E-state index in [9.17, 15) is 0 Å². The summed E-state index contributed by atoms with van der Waals surface area (Å²) in [7, 11) is 0. The van der Waals surface area contributed by atoms with E-state index in [0.717, 1.165) is 9.50 Å². The van der Waals surface area contributed by atoms with Gasteiger partial charge in [-0.2, -0.15) is 0 Å². The third-order valence-corrected chi connectivity index (χ3v) is 4.81. The van der Waals surface area contributed by atoms with Crippen LogP contribution in [0.3, 0.4) is 0 Å². The van der Waals surface area contributed by atoms with Gasteiger partial charge in [-0.3, -0.25) is 0 Å². The molecule has 90 valence electrons. The number of nitrogens with zero attached hydrogens (tertiary/aromatic N) is 5. The molecule has 0 N–H and O–H groups in total. The fourth-order valence-corrected chi connectivity index (χ4v) is 3.72. The van der Waals surface area contributed by atoms with Gasteiger partial charge >= 0.3 is 0 Å². The van der Waals surface area contributed by atoms with E-state index >= 15 is 0 Å². The van der Waals surface area contributed by atoms with Crippen molar-refractivity contribution in [1.29, 1.82) is 0 Å². The molecule has 3 rings (SSSR count). The van der Waals surface area contributed by atoms with Crippen molar-refractivity contribution < 1.29 is 0 Å². The molecule has 0 bridgehead atoms. The second-order valence-corrected chi connectivity index (χ2v) is 6.21. The van der Waals surface area contributed by atoms with E-state index in [2.05, 4.69) is 20.5 Å². The van der Waals surface area contributed by atoms with Gasteiger partial charge in [0.1, 0.15) is 0 Å². The monoisotopic (exact) mass is 267 g/mol. The summed E-state index contributed by atoms with van der Waals surface area (Å²) in [6.45, 7) is 0. The van der Waals surface area contributed by atoms with E-state index in [0.29, 0.717) is 6.04 Å². The molecule has 1 fully saturated rings. The van der Waals surface area contributed by atoms with E-state index in [1.165, 1.54) is 32.1 Å². The van der Waals surface area contributed by atoms with Crippen molar-refractivity contribution in [3.05, 3.63) is 11.6 Å². The molecule has 0 unspecified atom stereocenters. The summed E-state index contributed by atoms with van der Waals surface area (Å²) >= 11 is 3.17. The Labute approximate surface area is 108 Å². The first kappa shape index (κ1) is 11.2. The lowest BCUT2D eigenvalue weighted by atomic mass is 9.96. The van der Waals surface area contributed by atoms with Gasteiger partial charge in [-0.05, 0) is 35.0 Å². The SMILES string of the molecule is c1csc(Sc2nnnn2C2CCCCC2)n1.